The maximum atomic E-state index is 11.8. The van der Waals surface area contributed by atoms with Crippen LogP contribution in [0.15, 0.2) is 22.7 Å². The van der Waals surface area contributed by atoms with E-state index in [1.807, 2.05) is 13.8 Å². The van der Waals surface area contributed by atoms with E-state index in [4.69, 9.17) is 11.6 Å². The Kier molecular flexibility index (Phi) is 4.14. The van der Waals surface area contributed by atoms with E-state index in [1.54, 1.807) is 18.2 Å². The van der Waals surface area contributed by atoms with Crippen molar-refractivity contribution in [1.82, 2.24) is 0 Å². The second kappa shape index (κ2) is 4.94. The number of hydrogen-bond acceptors (Lipinski definition) is 1. The Morgan fingerprint density at radius 3 is 2.64 bits per heavy atom. The van der Waals surface area contributed by atoms with E-state index in [2.05, 4.69) is 15.9 Å². The monoisotopic (exact) mass is 274 g/mol. The summed E-state index contributed by atoms with van der Waals surface area (Å²) in [5.41, 5.74) is 0.679. The first-order valence-electron chi connectivity index (χ1n) is 4.55. The topological polar surface area (TPSA) is 17.1 Å². The summed E-state index contributed by atoms with van der Waals surface area (Å²) in [5, 5.41) is 0.589. The molecule has 1 atom stereocenters. The average Bonchev–Trinajstić information content (AvgIpc) is 2.14. The van der Waals surface area contributed by atoms with Crippen LogP contribution in [0.2, 0.25) is 5.02 Å². The Balaban J connectivity index is 3.01. The summed E-state index contributed by atoms with van der Waals surface area (Å²) in [7, 11) is 0. The largest absolute Gasteiger partial charge is 0.294 e. The molecule has 76 valence electrons. The number of halogens is 2. The third-order valence-corrected chi connectivity index (χ3v) is 2.88. The molecule has 0 saturated heterocycles. The minimum Gasteiger partial charge on any atom is -0.294 e. The van der Waals surface area contributed by atoms with E-state index in [0.717, 1.165) is 10.9 Å². The molecule has 14 heavy (non-hydrogen) atoms. The third-order valence-electron chi connectivity index (χ3n) is 2.21. The maximum Gasteiger partial charge on any atom is 0.165 e. The van der Waals surface area contributed by atoms with Crippen LogP contribution < -0.4 is 0 Å². The first kappa shape index (κ1) is 11.7. The van der Waals surface area contributed by atoms with E-state index in [9.17, 15) is 4.79 Å². The molecule has 0 aromatic heterocycles. The lowest BCUT2D eigenvalue weighted by Gasteiger charge is -2.07. The first-order valence-corrected chi connectivity index (χ1v) is 5.72. The standard InChI is InChI=1S/C11H12BrClO/c1-3-7(2)11(14)8-4-9(12)6-10(13)5-8/h4-7H,3H2,1-2H3. The minimum absolute atomic E-state index is 0.0559. The van der Waals surface area contributed by atoms with Crippen molar-refractivity contribution in [2.45, 2.75) is 20.3 Å². The van der Waals surface area contributed by atoms with Crippen LogP contribution in [-0.2, 0) is 0 Å². The lowest BCUT2D eigenvalue weighted by molar-refractivity contribution is 0.0927. The van der Waals surface area contributed by atoms with Crippen molar-refractivity contribution in [2.75, 3.05) is 0 Å². The first-order chi connectivity index (χ1) is 6.54. The van der Waals surface area contributed by atoms with Crippen LogP contribution in [-0.4, -0.2) is 5.78 Å². The zero-order valence-corrected chi connectivity index (χ0v) is 10.5. The molecule has 1 nitrogen and oxygen atoms in total. The minimum atomic E-state index is 0.0559. The number of hydrogen-bond donors (Lipinski definition) is 0. The predicted molar refractivity (Wildman–Crippen MR) is 62.9 cm³/mol. The summed E-state index contributed by atoms with van der Waals surface area (Å²) >= 11 is 9.18. The van der Waals surface area contributed by atoms with Crippen LogP contribution in [0.25, 0.3) is 0 Å². The van der Waals surface area contributed by atoms with E-state index < -0.39 is 0 Å². The molecule has 0 saturated carbocycles. The van der Waals surface area contributed by atoms with Gasteiger partial charge in [-0.25, -0.2) is 0 Å². The van der Waals surface area contributed by atoms with Crippen LogP contribution in [0, 0.1) is 5.92 Å². The van der Waals surface area contributed by atoms with Gasteiger partial charge in [-0.1, -0.05) is 41.4 Å². The summed E-state index contributed by atoms with van der Waals surface area (Å²) in [5.74, 6) is 0.205. The molecule has 0 aliphatic heterocycles. The number of benzene rings is 1. The molecule has 0 heterocycles. The number of Topliss-reactive ketones (excluding diaryl/α,β-unsaturated/α-hetero) is 1. The van der Waals surface area contributed by atoms with Crippen molar-refractivity contribution in [3.63, 3.8) is 0 Å². The van der Waals surface area contributed by atoms with Gasteiger partial charge in [0.05, 0.1) is 0 Å². The van der Waals surface area contributed by atoms with Gasteiger partial charge in [0.2, 0.25) is 0 Å². The lowest BCUT2D eigenvalue weighted by atomic mass is 9.97. The normalized spacial score (nSPS) is 12.6. The fourth-order valence-electron chi connectivity index (χ4n) is 1.17. The third kappa shape index (κ3) is 2.82. The van der Waals surface area contributed by atoms with Crippen molar-refractivity contribution in [1.29, 1.82) is 0 Å². The molecular weight excluding hydrogens is 263 g/mol. The molecule has 3 heteroatoms. The number of ketones is 1. The van der Waals surface area contributed by atoms with E-state index in [0.29, 0.717) is 10.6 Å². The summed E-state index contributed by atoms with van der Waals surface area (Å²) in [6.07, 6.45) is 0.850. The highest BCUT2D eigenvalue weighted by atomic mass is 79.9. The summed E-state index contributed by atoms with van der Waals surface area (Å²) in [6.45, 7) is 3.93. The van der Waals surface area contributed by atoms with E-state index >= 15 is 0 Å². The molecule has 0 N–H and O–H groups in total. The molecule has 0 aliphatic carbocycles. The quantitative estimate of drug-likeness (QED) is 0.750. The molecule has 1 unspecified atom stereocenters. The van der Waals surface area contributed by atoms with Crippen molar-refractivity contribution in [2.24, 2.45) is 5.92 Å². The smallest absolute Gasteiger partial charge is 0.165 e. The molecule has 0 bridgehead atoms. The summed E-state index contributed by atoms with van der Waals surface area (Å²) < 4.78 is 0.844. The number of rotatable bonds is 3. The Morgan fingerprint density at radius 2 is 2.14 bits per heavy atom. The zero-order valence-electron chi connectivity index (χ0n) is 8.18. The highest BCUT2D eigenvalue weighted by Gasteiger charge is 2.13. The predicted octanol–water partition coefficient (Wildman–Crippen LogP) is 4.33. The number of carbonyl (C=O) groups is 1. The van der Waals surface area contributed by atoms with Crippen molar-refractivity contribution >= 4 is 33.3 Å². The van der Waals surface area contributed by atoms with Gasteiger partial charge >= 0.3 is 0 Å². The molecule has 0 radical (unpaired) electrons. The van der Waals surface area contributed by atoms with Gasteiger partial charge in [-0.15, -0.1) is 0 Å². The van der Waals surface area contributed by atoms with Gasteiger partial charge in [0.25, 0.3) is 0 Å². The van der Waals surface area contributed by atoms with E-state index in [1.165, 1.54) is 0 Å². The van der Waals surface area contributed by atoms with E-state index in [-0.39, 0.29) is 11.7 Å². The van der Waals surface area contributed by atoms with Crippen molar-refractivity contribution in [3.05, 3.63) is 33.3 Å². The second-order valence-electron chi connectivity index (χ2n) is 3.33. The zero-order chi connectivity index (χ0) is 10.7. The molecule has 1 rings (SSSR count). The SMILES string of the molecule is CCC(C)C(=O)c1cc(Cl)cc(Br)c1. The van der Waals surface area contributed by atoms with Gasteiger partial charge in [-0.2, -0.15) is 0 Å². The van der Waals surface area contributed by atoms with Crippen molar-refractivity contribution in [3.8, 4) is 0 Å². The molecule has 1 aromatic rings. The Morgan fingerprint density at radius 1 is 1.50 bits per heavy atom. The van der Waals surface area contributed by atoms with Gasteiger partial charge < -0.3 is 0 Å². The van der Waals surface area contributed by atoms with Crippen LogP contribution in [0.1, 0.15) is 30.6 Å². The maximum absolute atomic E-state index is 11.8. The van der Waals surface area contributed by atoms with Crippen LogP contribution in [0.3, 0.4) is 0 Å². The van der Waals surface area contributed by atoms with Gasteiger partial charge in [0.1, 0.15) is 0 Å². The molecule has 0 aliphatic rings. The second-order valence-corrected chi connectivity index (χ2v) is 4.68. The van der Waals surface area contributed by atoms with Crippen molar-refractivity contribution < 1.29 is 4.79 Å². The fraction of sp³-hybridized carbons (Fsp3) is 0.364. The van der Waals surface area contributed by atoms with Crippen LogP contribution in [0.5, 0.6) is 0 Å². The van der Waals surface area contributed by atoms with Gasteiger partial charge in [-0.3, -0.25) is 4.79 Å². The Bertz CT molecular complexity index is 329. The number of carbonyl (C=O) groups excluding carboxylic acids is 1. The molecule has 1 aromatic carbocycles. The van der Waals surface area contributed by atoms with Gasteiger partial charge in [-0.05, 0) is 24.6 Å². The summed E-state index contributed by atoms with van der Waals surface area (Å²) in [4.78, 5) is 11.8. The highest BCUT2D eigenvalue weighted by molar-refractivity contribution is 9.10. The highest BCUT2D eigenvalue weighted by Crippen LogP contribution is 2.22. The Labute approximate surface area is 97.6 Å². The molecule has 0 spiro atoms. The van der Waals surface area contributed by atoms with Crippen LogP contribution >= 0.6 is 27.5 Å². The van der Waals surface area contributed by atoms with Crippen LogP contribution in [0.4, 0.5) is 0 Å². The summed E-state index contributed by atoms with van der Waals surface area (Å²) in [6, 6.07) is 5.29. The molecule has 0 amide bonds. The molecule has 0 fully saturated rings. The van der Waals surface area contributed by atoms with Gasteiger partial charge in [0.15, 0.2) is 5.78 Å². The van der Waals surface area contributed by atoms with Gasteiger partial charge in [0, 0.05) is 21.0 Å². The molecular formula is C11H12BrClO. The lowest BCUT2D eigenvalue weighted by Crippen LogP contribution is -2.09. The Hall–Kier alpha value is -0.340. The average molecular weight is 276 g/mol. The fourth-order valence-corrected chi connectivity index (χ4v) is 2.03.